The second kappa shape index (κ2) is 4.17. The zero-order valence-corrected chi connectivity index (χ0v) is 9.40. The van der Waals surface area contributed by atoms with Crippen LogP contribution in [0.2, 0.25) is 0 Å². The fraction of sp³-hybridized carbons (Fsp3) is 0.750. The number of halogens is 3. The molecule has 0 aliphatic carbocycles. The lowest BCUT2D eigenvalue weighted by Gasteiger charge is -2.31. The summed E-state index contributed by atoms with van der Waals surface area (Å²) >= 11 is 0.599. The average molecular weight is 252 g/mol. The van der Waals surface area contributed by atoms with Gasteiger partial charge in [-0.3, -0.25) is 0 Å². The third kappa shape index (κ3) is 2.43. The van der Waals surface area contributed by atoms with Crippen molar-refractivity contribution in [2.45, 2.75) is 19.1 Å². The largest absolute Gasteiger partial charge is 0.445 e. The first kappa shape index (κ1) is 11.6. The molecule has 0 aromatic carbocycles. The minimum Gasteiger partial charge on any atom is -0.344 e. The molecule has 8 heteroatoms. The van der Waals surface area contributed by atoms with Crippen molar-refractivity contribution in [3.63, 3.8) is 0 Å². The number of alkyl halides is 3. The summed E-state index contributed by atoms with van der Waals surface area (Å²) in [6.07, 6.45) is -4.39. The second-order valence-corrected chi connectivity index (χ2v) is 4.64. The molecular formula is C8H11F3N4S. The molecular weight excluding hydrogens is 241 g/mol. The fourth-order valence-corrected chi connectivity index (χ4v) is 2.31. The Balaban J connectivity index is 2.12. The van der Waals surface area contributed by atoms with Gasteiger partial charge >= 0.3 is 6.18 Å². The van der Waals surface area contributed by atoms with Gasteiger partial charge in [-0.15, -0.1) is 10.2 Å². The zero-order valence-electron chi connectivity index (χ0n) is 8.58. The molecule has 1 aromatic rings. The highest BCUT2D eigenvalue weighted by Crippen LogP contribution is 2.34. The molecule has 0 unspecified atom stereocenters. The molecule has 1 N–H and O–H groups in total. The van der Waals surface area contributed by atoms with E-state index in [-0.39, 0.29) is 6.04 Å². The highest BCUT2D eigenvalue weighted by molar-refractivity contribution is 7.15. The normalized spacial score (nSPS) is 22.5. The van der Waals surface area contributed by atoms with Crippen molar-refractivity contribution in [2.24, 2.45) is 0 Å². The molecule has 0 radical (unpaired) electrons. The summed E-state index contributed by atoms with van der Waals surface area (Å²) in [7, 11) is 0. The van der Waals surface area contributed by atoms with Crippen LogP contribution in [0.3, 0.4) is 0 Å². The highest BCUT2D eigenvalue weighted by atomic mass is 32.1. The lowest BCUT2D eigenvalue weighted by Crippen LogP contribution is -2.49. The maximum absolute atomic E-state index is 12.3. The van der Waals surface area contributed by atoms with E-state index in [0.717, 1.165) is 6.54 Å². The number of rotatable bonds is 1. The summed E-state index contributed by atoms with van der Waals surface area (Å²) in [6, 6.07) is 0.256. The zero-order chi connectivity index (χ0) is 11.8. The Hall–Kier alpha value is -0.890. The van der Waals surface area contributed by atoms with Gasteiger partial charge in [0.05, 0.1) is 0 Å². The predicted molar refractivity (Wildman–Crippen MR) is 54.6 cm³/mol. The third-order valence-electron chi connectivity index (χ3n) is 2.30. The minimum atomic E-state index is -4.39. The number of piperazine rings is 1. The van der Waals surface area contributed by atoms with E-state index in [9.17, 15) is 13.2 Å². The van der Waals surface area contributed by atoms with Gasteiger partial charge in [0.25, 0.3) is 0 Å². The van der Waals surface area contributed by atoms with Crippen LogP contribution >= 0.6 is 11.3 Å². The van der Waals surface area contributed by atoms with E-state index < -0.39 is 11.2 Å². The summed E-state index contributed by atoms with van der Waals surface area (Å²) in [6.45, 7) is 4.06. The van der Waals surface area contributed by atoms with E-state index in [1.807, 2.05) is 11.8 Å². The molecule has 4 nitrogen and oxygen atoms in total. The molecule has 1 aliphatic heterocycles. The van der Waals surface area contributed by atoms with Crippen LogP contribution in [-0.2, 0) is 6.18 Å². The van der Waals surface area contributed by atoms with Gasteiger partial charge < -0.3 is 10.2 Å². The summed E-state index contributed by atoms with van der Waals surface area (Å²) in [4.78, 5) is 1.83. The van der Waals surface area contributed by atoms with Crippen molar-refractivity contribution in [3.05, 3.63) is 5.01 Å². The van der Waals surface area contributed by atoms with Gasteiger partial charge in [0.1, 0.15) is 0 Å². The number of anilines is 1. The van der Waals surface area contributed by atoms with Crippen LogP contribution in [0.1, 0.15) is 11.9 Å². The predicted octanol–water partition coefficient (Wildman–Crippen LogP) is 1.35. The van der Waals surface area contributed by atoms with Gasteiger partial charge in [0, 0.05) is 25.7 Å². The lowest BCUT2D eigenvalue weighted by atomic mass is 10.2. The maximum Gasteiger partial charge on any atom is 0.445 e. The summed E-state index contributed by atoms with van der Waals surface area (Å²) in [5.41, 5.74) is 0. The first-order valence-electron chi connectivity index (χ1n) is 4.86. The van der Waals surface area contributed by atoms with Crippen molar-refractivity contribution < 1.29 is 13.2 Å². The Bertz CT molecular complexity index is 364. The number of hydrogen-bond donors (Lipinski definition) is 1. The molecule has 90 valence electrons. The summed E-state index contributed by atoms with van der Waals surface area (Å²) in [5.74, 6) is 0. The lowest BCUT2D eigenvalue weighted by molar-refractivity contribution is -0.138. The quantitative estimate of drug-likeness (QED) is 0.819. The van der Waals surface area contributed by atoms with Gasteiger partial charge in [0.2, 0.25) is 10.1 Å². The van der Waals surface area contributed by atoms with E-state index in [2.05, 4.69) is 15.5 Å². The molecule has 0 amide bonds. The topological polar surface area (TPSA) is 41.1 Å². The van der Waals surface area contributed by atoms with Crippen LogP contribution in [0.4, 0.5) is 18.3 Å². The van der Waals surface area contributed by atoms with Crippen LogP contribution in [0, 0.1) is 0 Å². The van der Waals surface area contributed by atoms with Crippen molar-refractivity contribution >= 4 is 16.5 Å². The molecule has 0 bridgehead atoms. The summed E-state index contributed by atoms with van der Waals surface area (Å²) in [5, 5.41) is 9.43. The molecule has 2 rings (SSSR count). The van der Waals surface area contributed by atoms with Crippen molar-refractivity contribution in [2.75, 3.05) is 24.5 Å². The first-order valence-corrected chi connectivity index (χ1v) is 5.67. The van der Waals surface area contributed by atoms with E-state index in [1.54, 1.807) is 0 Å². The smallest absolute Gasteiger partial charge is 0.344 e. The molecule has 0 saturated carbocycles. The number of aromatic nitrogens is 2. The number of nitrogens with one attached hydrogen (secondary N) is 1. The van der Waals surface area contributed by atoms with Crippen LogP contribution in [0.5, 0.6) is 0 Å². The molecule has 1 saturated heterocycles. The Morgan fingerprint density at radius 2 is 2.19 bits per heavy atom. The fourth-order valence-electron chi connectivity index (χ4n) is 1.56. The van der Waals surface area contributed by atoms with E-state index in [1.165, 1.54) is 0 Å². The molecule has 1 fully saturated rings. The van der Waals surface area contributed by atoms with Gasteiger partial charge in [-0.25, -0.2) is 0 Å². The number of nitrogens with zero attached hydrogens (tertiary/aromatic N) is 3. The number of hydrogen-bond acceptors (Lipinski definition) is 5. The maximum atomic E-state index is 12.3. The Kier molecular flexibility index (Phi) is 3.02. The second-order valence-electron chi connectivity index (χ2n) is 3.69. The first-order chi connectivity index (χ1) is 7.47. The van der Waals surface area contributed by atoms with Crippen molar-refractivity contribution in [3.8, 4) is 0 Å². The van der Waals surface area contributed by atoms with E-state index in [0.29, 0.717) is 29.6 Å². The van der Waals surface area contributed by atoms with Gasteiger partial charge in [-0.2, -0.15) is 13.2 Å². The summed E-state index contributed by atoms with van der Waals surface area (Å²) < 4.78 is 37.0. The molecule has 1 aliphatic rings. The highest BCUT2D eigenvalue weighted by Gasteiger charge is 2.36. The SMILES string of the molecule is C[C@H]1CN(c2nnc(C(F)(F)F)s2)CCN1. The van der Waals surface area contributed by atoms with Crippen molar-refractivity contribution in [1.82, 2.24) is 15.5 Å². The van der Waals surface area contributed by atoms with Gasteiger partial charge in [-0.1, -0.05) is 11.3 Å². The molecule has 16 heavy (non-hydrogen) atoms. The molecule has 2 heterocycles. The monoisotopic (exact) mass is 252 g/mol. The van der Waals surface area contributed by atoms with Crippen molar-refractivity contribution in [1.29, 1.82) is 0 Å². The molecule has 1 atom stereocenters. The molecule has 0 spiro atoms. The van der Waals surface area contributed by atoms with Crippen LogP contribution in [-0.4, -0.2) is 35.9 Å². The van der Waals surface area contributed by atoms with E-state index in [4.69, 9.17) is 0 Å². The standard InChI is InChI=1S/C8H11F3N4S/c1-5-4-15(3-2-12-5)7-14-13-6(16-7)8(9,10)11/h5,12H,2-4H2,1H3/t5-/m0/s1. The Morgan fingerprint density at radius 3 is 2.75 bits per heavy atom. The average Bonchev–Trinajstić information content (AvgIpc) is 2.65. The van der Waals surface area contributed by atoms with E-state index >= 15 is 0 Å². The minimum absolute atomic E-state index is 0.256. The van der Waals surface area contributed by atoms with Gasteiger partial charge in [-0.05, 0) is 6.92 Å². The molecule has 1 aromatic heterocycles. The van der Waals surface area contributed by atoms with Crippen LogP contribution < -0.4 is 10.2 Å². The van der Waals surface area contributed by atoms with Crippen LogP contribution in [0.25, 0.3) is 0 Å². The van der Waals surface area contributed by atoms with Gasteiger partial charge in [0.15, 0.2) is 0 Å². The Labute approximate surface area is 94.5 Å². The van der Waals surface area contributed by atoms with Crippen LogP contribution in [0.15, 0.2) is 0 Å². The Morgan fingerprint density at radius 1 is 1.44 bits per heavy atom. The third-order valence-corrected chi connectivity index (χ3v) is 3.32.